The summed E-state index contributed by atoms with van der Waals surface area (Å²) in [4.78, 5) is 13.5. The Morgan fingerprint density at radius 1 is 1.06 bits per heavy atom. The second-order valence-electron chi connectivity index (χ2n) is 9.48. The molecular formula is C28H32N2O5S. The van der Waals surface area contributed by atoms with Crippen LogP contribution >= 0.6 is 0 Å². The van der Waals surface area contributed by atoms with Gasteiger partial charge in [-0.05, 0) is 70.2 Å². The Hall–Kier alpha value is -3.52. The van der Waals surface area contributed by atoms with Crippen molar-refractivity contribution in [1.82, 2.24) is 5.32 Å². The Labute approximate surface area is 213 Å². The number of hydrogen-bond acceptors (Lipinski definition) is 5. The van der Waals surface area contributed by atoms with Crippen LogP contribution in [0.25, 0.3) is 0 Å². The molecule has 0 aromatic heterocycles. The van der Waals surface area contributed by atoms with E-state index in [1.54, 1.807) is 48.5 Å². The lowest BCUT2D eigenvalue weighted by Gasteiger charge is -2.38. The van der Waals surface area contributed by atoms with Crippen LogP contribution in [0.2, 0.25) is 0 Å². The first-order valence-electron chi connectivity index (χ1n) is 12.0. The van der Waals surface area contributed by atoms with Crippen LogP contribution < -0.4 is 19.1 Å². The molecule has 190 valence electrons. The third-order valence-electron chi connectivity index (χ3n) is 6.04. The smallest absolute Gasteiger partial charge is 0.264 e. The maximum Gasteiger partial charge on any atom is 0.264 e. The average molecular weight is 509 g/mol. The van der Waals surface area contributed by atoms with Crippen molar-refractivity contribution in [2.24, 2.45) is 0 Å². The van der Waals surface area contributed by atoms with E-state index < -0.39 is 21.5 Å². The molecular weight excluding hydrogens is 476 g/mol. The molecule has 0 fully saturated rings. The number of nitrogens with zero attached hydrogens (tertiary/aromatic N) is 1. The molecule has 8 heteroatoms. The van der Waals surface area contributed by atoms with Crippen molar-refractivity contribution in [3.8, 4) is 11.5 Å². The molecule has 1 amide bonds. The summed E-state index contributed by atoms with van der Waals surface area (Å²) in [6.07, 6.45) is 0.559. The second-order valence-corrected chi connectivity index (χ2v) is 11.3. The molecule has 0 aliphatic carbocycles. The highest BCUT2D eigenvalue weighted by Gasteiger charge is 2.35. The largest absolute Gasteiger partial charge is 0.494 e. The van der Waals surface area contributed by atoms with E-state index in [9.17, 15) is 13.2 Å². The van der Waals surface area contributed by atoms with Crippen LogP contribution in [0, 0.1) is 6.92 Å². The lowest BCUT2D eigenvalue weighted by molar-refractivity contribution is -0.120. The number of para-hydroxylation sites is 1. The third kappa shape index (κ3) is 5.65. The quantitative estimate of drug-likeness (QED) is 0.463. The first-order chi connectivity index (χ1) is 17.1. The first kappa shape index (κ1) is 25.6. The molecule has 1 aliphatic rings. The highest BCUT2D eigenvalue weighted by molar-refractivity contribution is 7.92. The molecule has 0 radical (unpaired) electrons. The van der Waals surface area contributed by atoms with Gasteiger partial charge in [0.15, 0.2) is 0 Å². The van der Waals surface area contributed by atoms with Gasteiger partial charge in [-0.15, -0.1) is 0 Å². The highest BCUT2D eigenvalue weighted by atomic mass is 32.2. The fourth-order valence-corrected chi connectivity index (χ4v) is 5.75. The molecule has 1 N–H and O–H groups in total. The van der Waals surface area contributed by atoms with Crippen molar-refractivity contribution < 1.29 is 22.7 Å². The minimum atomic E-state index is -4.01. The molecule has 1 atom stereocenters. The Kier molecular flexibility index (Phi) is 7.26. The standard InChI is InChI=1S/C28H32N2O5S/c1-5-34-22-14-12-21(13-15-22)30(36(32,33)23-16-10-20(2)11-17-23)19-27(31)29-25-18-28(3,4)35-26-9-7-6-8-24(25)26/h6-17,25H,5,18-19H2,1-4H3,(H,29,31). The van der Waals surface area contributed by atoms with Crippen LogP contribution in [0.3, 0.4) is 0 Å². The number of carbonyl (C=O) groups is 1. The van der Waals surface area contributed by atoms with Gasteiger partial charge in [0, 0.05) is 12.0 Å². The van der Waals surface area contributed by atoms with Crippen LogP contribution in [0.5, 0.6) is 11.5 Å². The fraction of sp³-hybridized carbons (Fsp3) is 0.321. The molecule has 3 aromatic carbocycles. The van der Waals surface area contributed by atoms with Gasteiger partial charge in [0.25, 0.3) is 10.0 Å². The van der Waals surface area contributed by atoms with Crippen LogP contribution in [0.15, 0.2) is 77.7 Å². The van der Waals surface area contributed by atoms with Crippen LogP contribution in [0.4, 0.5) is 5.69 Å². The SMILES string of the molecule is CCOc1ccc(N(CC(=O)NC2CC(C)(C)Oc3ccccc32)S(=O)(=O)c2ccc(C)cc2)cc1. The molecule has 1 heterocycles. The van der Waals surface area contributed by atoms with Gasteiger partial charge in [-0.1, -0.05) is 35.9 Å². The minimum absolute atomic E-state index is 0.118. The number of ether oxygens (including phenoxy) is 2. The van der Waals surface area contributed by atoms with Gasteiger partial charge in [0.05, 0.1) is 23.2 Å². The first-order valence-corrected chi connectivity index (χ1v) is 13.4. The van der Waals surface area contributed by atoms with E-state index >= 15 is 0 Å². The zero-order chi connectivity index (χ0) is 25.9. The topological polar surface area (TPSA) is 84.9 Å². The van der Waals surface area contributed by atoms with E-state index in [-0.39, 0.29) is 17.5 Å². The molecule has 0 spiro atoms. The van der Waals surface area contributed by atoms with E-state index in [4.69, 9.17) is 9.47 Å². The summed E-state index contributed by atoms with van der Waals surface area (Å²) < 4.78 is 40.1. The van der Waals surface area contributed by atoms with Crippen molar-refractivity contribution in [3.05, 3.63) is 83.9 Å². The lowest BCUT2D eigenvalue weighted by atomic mass is 9.89. The van der Waals surface area contributed by atoms with Crippen molar-refractivity contribution in [2.45, 2.75) is 50.7 Å². The number of rotatable bonds is 8. The van der Waals surface area contributed by atoms with E-state index in [0.29, 0.717) is 24.5 Å². The fourth-order valence-electron chi connectivity index (χ4n) is 4.33. The number of aryl methyl sites for hydroxylation is 1. The Bertz CT molecular complexity index is 1320. The molecule has 1 unspecified atom stereocenters. The van der Waals surface area contributed by atoms with Crippen molar-refractivity contribution in [1.29, 1.82) is 0 Å². The van der Waals surface area contributed by atoms with Gasteiger partial charge >= 0.3 is 0 Å². The van der Waals surface area contributed by atoms with Gasteiger partial charge in [-0.25, -0.2) is 8.42 Å². The molecule has 36 heavy (non-hydrogen) atoms. The zero-order valence-electron chi connectivity index (χ0n) is 21.0. The van der Waals surface area contributed by atoms with Gasteiger partial charge in [0.1, 0.15) is 23.6 Å². The number of anilines is 1. The molecule has 4 rings (SSSR count). The molecule has 0 saturated carbocycles. The van der Waals surface area contributed by atoms with Gasteiger partial charge < -0.3 is 14.8 Å². The lowest BCUT2D eigenvalue weighted by Crippen LogP contribution is -2.45. The number of carbonyl (C=O) groups excluding carboxylic acids is 1. The highest BCUT2D eigenvalue weighted by Crippen LogP contribution is 2.39. The summed E-state index contributed by atoms with van der Waals surface area (Å²) in [5.41, 5.74) is 1.72. The zero-order valence-corrected chi connectivity index (χ0v) is 21.8. The van der Waals surface area contributed by atoms with Crippen molar-refractivity contribution >= 4 is 21.6 Å². The van der Waals surface area contributed by atoms with E-state index in [1.807, 2.05) is 52.0 Å². The van der Waals surface area contributed by atoms with E-state index in [2.05, 4.69) is 5.32 Å². The summed E-state index contributed by atoms with van der Waals surface area (Å²) >= 11 is 0. The Balaban J connectivity index is 1.64. The number of benzene rings is 3. The van der Waals surface area contributed by atoms with E-state index in [1.165, 1.54) is 0 Å². The van der Waals surface area contributed by atoms with Gasteiger partial charge in [-0.2, -0.15) is 0 Å². The summed E-state index contributed by atoms with van der Waals surface area (Å²) in [6.45, 7) is 7.83. The van der Waals surface area contributed by atoms with Crippen LogP contribution in [-0.4, -0.2) is 33.1 Å². The maximum atomic E-state index is 13.7. The summed E-state index contributed by atoms with van der Waals surface area (Å²) in [7, 11) is -4.01. The number of nitrogens with one attached hydrogen (secondary N) is 1. The van der Waals surface area contributed by atoms with E-state index in [0.717, 1.165) is 21.2 Å². The predicted molar refractivity (Wildman–Crippen MR) is 140 cm³/mol. The minimum Gasteiger partial charge on any atom is -0.494 e. The van der Waals surface area contributed by atoms with Crippen molar-refractivity contribution in [2.75, 3.05) is 17.5 Å². The van der Waals surface area contributed by atoms with Gasteiger partial charge in [0.2, 0.25) is 5.91 Å². The number of amides is 1. The molecule has 0 saturated heterocycles. The molecule has 0 bridgehead atoms. The van der Waals surface area contributed by atoms with Crippen LogP contribution in [-0.2, 0) is 14.8 Å². The maximum absolute atomic E-state index is 13.7. The third-order valence-corrected chi connectivity index (χ3v) is 7.83. The monoisotopic (exact) mass is 508 g/mol. The van der Waals surface area contributed by atoms with Gasteiger partial charge in [-0.3, -0.25) is 9.10 Å². The Morgan fingerprint density at radius 2 is 1.72 bits per heavy atom. The molecule has 3 aromatic rings. The number of hydrogen-bond donors (Lipinski definition) is 1. The summed E-state index contributed by atoms with van der Waals surface area (Å²) in [5, 5.41) is 3.05. The normalized spacial score (nSPS) is 16.4. The average Bonchev–Trinajstić information content (AvgIpc) is 2.83. The number of fused-ring (bicyclic) bond motifs is 1. The summed E-state index contributed by atoms with van der Waals surface area (Å²) in [6, 6.07) is 20.6. The Morgan fingerprint density at radius 3 is 2.39 bits per heavy atom. The van der Waals surface area contributed by atoms with Crippen LogP contribution in [0.1, 0.15) is 44.4 Å². The molecule has 7 nitrogen and oxygen atoms in total. The number of sulfonamides is 1. The second kappa shape index (κ2) is 10.2. The predicted octanol–water partition coefficient (Wildman–Crippen LogP) is 5.01. The summed E-state index contributed by atoms with van der Waals surface area (Å²) in [5.74, 6) is 0.936. The van der Waals surface area contributed by atoms with Crippen molar-refractivity contribution in [3.63, 3.8) is 0 Å². The molecule has 1 aliphatic heterocycles.